The Bertz CT molecular complexity index is 288. The zero-order valence-electron chi connectivity index (χ0n) is 8.10. The molecule has 0 heterocycles. The van der Waals surface area contributed by atoms with Gasteiger partial charge >= 0.3 is 0 Å². The molecule has 1 rings (SSSR count). The average Bonchev–Trinajstić information content (AvgIpc) is 2.17. The van der Waals surface area contributed by atoms with E-state index in [1.807, 2.05) is 6.92 Å². The van der Waals surface area contributed by atoms with Crippen molar-refractivity contribution in [1.29, 1.82) is 0 Å². The van der Waals surface area contributed by atoms with E-state index < -0.39 is 0 Å². The fourth-order valence-corrected chi connectivity index (χ4v) is 1.14. The Labute approximate surface area is 77.7 Å². The molecule has 3 heteroatoms. The van der Waals surface area contributed by atoms with Gasteiger partial charge in [0.2, 0.25) is 0 Å². The highest BCUT2D eigenvalue weighted by Crippen LogP contribution is 2.21. The summed E-state index contributed by atoms with van der Waals surface area (Å²) in [7, 11) is 3.37. The summed E-state index contributed by atoms with van der Waals surface area (Å²) in [6, 6.07) is 4.73. The van der Waals surface area contributed by atoms with Crippen LogP contribution in [0.5, 0.6) is 5.75 Å². The predicted octanol–water partition coefficient (Wildman–Crippen LogP) is 2.11. The Kier molecular flexibility index (Phi) is 3.25. The van der Waals surface area contributed by atoms with Gasteiger partial charge < -0.3 is 10.1 Å². The summed E-state index contributed by atoms with van der Waals surface area (Å²) in [5.41, 5.74) is 0.627. The molecule has 1 aromatic carbocycles. The summed E-state index contributed by atoms with van der Waals surface area (Å²) in [6.07, 6.45) is 0. The lowest BCUT2D eigenvalue weighted by Gasteiger charge is -2.12. The maximum atomic E-state index is 13.2. The van der Waals surface area contributed by atoms with Crippen LogP contribution in [-0.2, 0) is 0 Å². The van der Waals surface area contributed by atoms with Gasteiger partial charge in [0, 0.05) is 11.6 Å². The second kappa shape index (κ2) is 4.23. The van der Waals surface area contributed by atoms with Gasteiger partial charge in [-0.15, -0.1) is 0 Å². The lowest BCUT2D eigenvalue weighted by atomic mass is 10.1. The van der Waals surface area contributed by atoms with Gasteiger partial charge in [-0.3, -0.25) is 0 Å². The van der Waals surface area contributed by atoms with E-state index in [4.69, 9.17) is 4.74 Å². The number of hydrogen-bond acceptors (Lipinski definition) is 2. The van der Waals surface area contributed by atoms with Crippen molar-refractivity contribution < 1.29 is 9.13 Å². The lowest BCUT2D eigenvalue weighted by molar-refractivity contribution is 0.411. The first-order chi connectivity index (χ1) is 6.19. The molecular formula is C10H14FNO. The number of benzene rings is 1. The van der Waals surface area contributed by atoms with E-state index in [-0.39, 0.29) is 11.9 Å². The molecule has 0 aliphatic rings. The minimum atomic E-state index is -0.206. The molecule has 0 aliphatic carbocycles. The van der Waals surface area contributed by atoms with Crippen molar-refractivity contribution in [1.82, 2.24) is 5.32 Å². The Morgan fingerprint density at radius 2 is 2.15 bits per heavy atom. The van der Waals surface area contributed by atoms with Gasteiger partial charge in [0.1, 0.15) is 11.6 Å². The van der Waals surface area contributed by atoms with Crippen LogP contribution in [0.2, 0.25) is 0 Å². The molecule has 72 valence electrons. The molecule has 1 unspecified atom stereocenters. The van der Waals surface area contributed by atoms with Crippen LogP contribution in [-0.4, -0.2) is 14.2 Å². The number of rotatable bonds is 3. The number of halogens is 1. The molecule has 1 N–H and O–H groups in total. The average molecular weight is 183 g/mol. The van der Waals surface area contributed by atoms with E-state index >= 15 is 0 Å². The van der Waals surface area contributed by atoms with Crippen LogP contribution in [0.15, 0.2) is 18.2 Å². The standard InChI is InChI=1S/C10H14FNO/c1-7(12-2)9-6-8(13-3)4-5-10(9)11/h4-7,12H,1-3H3. The lowest BCUT2D eigenvalue weighted by Crippen LogP contribution is -2.13. The van der Waals surface area contributed by atoms with E-state index in [9.17, 15) is 4.39 Å². The fourth-order valence-electron chi connectivity index (χ4n) is 1.14. The van der Waals surface area contributed by atoms with Gasteiger partial charge in [-0.2, -0.15) is 0 Å². The fraction of sp³-hybridized carbons (Fsp3) is 0.400. The topological polar surface area (TPSA) is 21.3 Å². The minimum Gasteiger partial charge on any atom is -0.497 e. The predicted molar refractivity (Wildman–Crippen MR) is 50.4 cm³/mol. The van der Waals surface area contributed by atoms with Crippen LogP contribution in [0.3, 0.4) is 0 Å². The van der Waals surface area contributed by atoms with Crippen LogP contribution in [0.4, 0.5) is 4.39 Å². The van der Waals surface area contributed by atoms with E-state index in [1.54, 1.807) is 26.3 Å². The van der Waals surface area contributed by atoms with Crippen molar-refractivity contribution in [3.8, 4) is 5.75 Å². The van der Waals surface area contributed by atoms with Crippen LogP contribution < -0.4 is 10.1 Å². The maximum Gasteiger partial charge on any atom is 0.128 e. The van der Waals surface area contributed by atoms with E-state index in [2.05, 4.69) is 5.32 Å². The smallest absolute Gasteiger partial charge is 0.128 e. The van der Waals surface area contributed by atoms with Crippen LogP contribution in [0, 0.1) is 5.82 Å². The number of methoxy groups -OCH3 is 1. The zero-order chi connectivity index (χ0) is 9.84. The van der Waals surface area contributed by atoms with Gasteiger partial charge in [0.25, 0.3) is 0 Å². The van der Waals surface area contributed by atoms with Crippen molar-refractivity contribution in [3.63, 3.8) is 0 Å². The molecule has 1 atom stereocenters. The summed E-state index contributed by atoms with van der Waals surface area (Å²) in [5, 5.41) is 2.98. The summed E-state index contributed by atoms with van der Waals surface area (Å²) < 4.78 is 18.3. The monoisotopic (exact) mass is 183 g/mol. The molecule has 0 saturated carbocycles. The van der Waals surface area contributed by atoms with Crippen molar-refractivity contribution in [2.75, 3.05) is 14.2 Å². The molecule has 0 radical (unpaired) electrons. The number of ether oxygens (including phenoxy) is 1. The zero-order valence-corrected chi connectivity index (χ0v) is 8.10. The molecule has 0 fully saturated rings. The first kappa shape index (κ1) is 9.99. The molecule has 0 bridgehead atoms. The highest BCUT2D eigenvalue weighted by Gasteiger charge is 2.09. The van der Waals surface area contributed by atoms with Gasteiger partial charge in [-0.25, -0.2) is 4.39 Å². The summed E-state index contributed by atoms with van der Waals surface area (Å²) in [6.45, 7) is 1.90. The first-order valence-corrected chi connectivity index (χ1v) is 4.19. The number of nitrogens with one attached hydrogen (secondary N) is 1. The molecule has 0 amide bonds. The molecular weight excluding hydrogens is 169 g/mol. The second-order valence-corrected chi connectivity index (χ2v) is 2.90. The van der Waals surface area contributed by atoms with E-state index in [0.717, 1.165) is 0 Å². The van der Waals surface area contributed by atoms with E-state index in [0.29, 0.717) is 11.3 Å². The van der Waals surface area contributed by atoms with Crippen molar-refractivity contribution in [2.24, 2.45) is 0 Å². The molecule has 0 saturated heterocycles. The third kappa shape index (κ3) is 2.18. The van der Waals surface area contributed by atoms with Gasteiger partial charge in [-0.05, 0) is 32.2 Å². The normalized spacial score (nSPS) is 12.6. The highest BCUT2D eigenvalue weighted by molar-refractivity contribution is 5.31. The largest absolute Gasteiger partial charge is 0.497 e. The van der Waals surface area contributed by atoms with Crippen molar-refractivity contribution in [3.05, 3.63) is 29.6 Å². The summed E-state index contributed by atoms with van der Waals surface area (Å²) in [5.74, 6) is 0.473. The SMILES string of the molecule is CNC(C)c1cc(OC)ccc1F. The number of hydrogen-bond donors (Lipinski definition) is 1. The molecule has 13 heavy (non-hydrogen) atoms. The molecule has 1 aromatic rings. The van der Waals surface area contributed by atoms with Gasteiger partial charge in [-0.1, -0.05) is 0 Å². The first-order valence-electron chi connectivity index (χ1n) is 4.19. The summed E-state index contributed by atoms with van der Waals surface area (Å²) in [4.78, 5) is 0. The Morgan fingerprint density at radius 3 is 2.69 bits per heavy atom. The van der Waals surface area contributed by atoms with Gasteiger partial charge in [0.15, 0.2) is 0 Å². The Balaban J connectivity index is 3.03. The van der Waals surface area contributed by atoms with Crippen LogP contribution in [0.25, 0.3) is 0 Å². The van der Waals surface area contributed by atoms with Crippen LogP contribution >= 0.6 is 0 Å². The summed E-state index contributed by atoms with van der Waals surface area (Å²) >= 11 is 0. The Hall–Kier alpha value is -1.09. The highest BCUT2D eigenvalue weighted by atomic mass is 19.1. The minimum absolute atomic E-state index is 0.00454. The second-order valence-electron chi connectivity index (χ2n) is 2.90. The quantitative estimate of drug-likeness (QED) is 0.775. The molecule has 0 spiro atoms. The molecule has 2 nitrogen and oxygen atoms in total. The Morgan fingerprint density at radius 1 is 1.46 bits per heavy atom. The van der Waals surface area contributed by atoms with Gasteiger partial charge in [0.05, 0.1) is 7.11 Å². The third-order valence-electron chi connectivity index (χ3n) is 2.10. The molecule has 0 aliphatic heterocycles. The van der Waals surface area contributed by atoms with Crippen molar-refractivity contribution >= 4 is 0 Å². The van der Waals surface area contributed by atoms with Crippen molar-refractivity contribution in [2.45, 2.75) is 13.0 Å². The maximum absolute atomic E-state index is 13.2. The molecule has 0 aromatic heterocycles. The van der Waals surface area contributed by atoms with Crippen LogP contribution in [0.1, 0.15) is 18.5 Å². The third-order valence-corrected chi connectivity index (χ3v) is 2.10. The van der Waals surface area contributed by atoms with E-state index in [1.165, 1.54) is 6.07 Å².